The van der Waals surface area contributed by atoms with Crippen LogP contribution in [-0.4, -0.2) is 44.6 Å². The maximum atomic E-state index is 10.4. The van der Waals surface area contributed by atoms with Gasteiger partial charge in [0, 0.05) is 6.92 Å². The highest BCUT2D eigenvalue weighted by Gasteiger charge is 2.05. The predicted octanol–water partition coefficient (Wildman–Crippen LogP) is -3.17. The minimum Gasteiger partial charge on any atom is -1.00 e. The van der Waals surface area contributed by atoms with E-state index in [1.165, 1.54) is 6.92 Å². The first-order chi connectivity index (χ1) is 4.42. The fourth-order valence-corrected chi connectivity index (χ4v) is 0.567. The average molecular weight is 225 g/mol. The van der Waals surface area contributed by atoms with Gasteiger partial charge in [-0.15, -0.1) is 0 Å². The van der Waals surface area contributed by atoms with Gasteiger partial charge in [0.25, 0.3) is 0 Å². The Hall–Kier alpha value is -0.0900. The standard InChI is InChI=1S/C7H16N2O.BrH/c1-7(10)8-5-6-9(2,3)4;/h5-6H2,1-4H3;1H. The normalized spacial score (nSPS) is 10.2. The molecule has 0 aromatic rings. The second kappa shape index (κ2) is 5.55. The number of carbonyl (C=O) groups is 1. The number of quaternary nitrogens is 1. The van der Waals surface area contributed by atoms with Gasteiger partial charge in [-0.3, -0.25) is 4.79 Å². The second-order valence-electron chi connectivity index (χ2n) is 3.50. The minimum absolute atomic E-state index is 0. The number of carbonyl (C=O) groups excluding carboxylic acids is 1. The first-order valence-corrected chi connectivity index (χ1v) is 3.47. The maximum Gasteiger partial charge on any atom is 0.217 e. The van der Waals surface area contributed by atoms with Crippen molar-refractivity contribution in [3.8, 4) is 0 Å². The lowest BCUT2D eigenvalue weighted by atomic mass is 10.5. The van der Waals surface area contributed by atoms with E-state index in [-0.39, 0.29) is 22.9 Å². The highest BCUT2D eigenvalue weighted by atomic mass is 79.9. The summed E-state index contributed by atoms with van der Waals surface area (Å²) in [6, 6.07) is 0. The first-order valence-electron chi connectivity index (χ1n) is 3.47. The van der Waals surface area contributed by atoms with E-state index in [1.54, 1.807) is 0 Å². The van der Waals surface area contributed by atoms with Crippen molar-refractivity contribution < 1.29 is 26.3 Å². The van der Waals surface area contributed by atoms with E-state index in [0.717, 1.165) is 17.6 Å². The number of likely N-dealkylation sites (N-methyl/N-ethyl adjacent to an activating group) is 1. The van der Waals surface area contributed by atoms with Gasteiger partial charge in [-0.05, 0) is 0 Å². The lowest BCUT2D eigenvalue weighted by molar-refractivity contribution is -0.869. The number of hydrogen-bond acceptors (Lipinski definition) is 1. The first kappa shape index (κ1) is 13.5. The Balaban J connectivity index is 0. The molecule has 1 amide bonds. The third-order valence-electron chi connectivity index (χ3n) is 1.16. The van der Waals surface area contributed by atoms with Crippen molar-refractivity contribution in [3.63, 3.8) is 0 Å². The molecule has 0 bridgehead atoms. The van der Waals surface area contributed by atoms with Crippen molar-refractivity contribution in [3.05, 3.63) is 0 Å². The lowest BCUT2D eigenvalue weighted by Crippen LogP contribution is -3.00. The number of halogens is 1. The molecule has 11 heavy (non-hydrogen) atoms. The molecule has 3 nitrogen and oxygen atoms in total. The molecule has 0 fully saturated rings. The van der Waals surface area contributed by atoms with E-state index in [1.807, 2.05) is 0 Å². The van der Waals surface area contributed by atoms with Crippen LogP contribution in [0.3, 0.4) is 0 Å². The third kappa shape index (κ3) is 13.0. The van der Waals surface area contributed by atoms with Crippen molar-refractivity contribution in [1.29, 1.82) is 0 Å². The van der Waals surface area contributed by atoms with Gasteiger partial charge < -0.3 is 26.8 Å². The Morgan fingerprint density at radius 2 is 1.82 bits per heavy atom. The highest BCUT2D eigenvalue weighted by molar-refractivity contribution is 5.72. The van der Waals surface area contributed by atoms with Crippen LogP contribution in [0.5, 0.6) is 0 Å². The number of nitrogens with one attached hydrogen (secondary N) is 1. The molecule has 1 N–H and O–H groups in total. The third-order valence-corrected chi connectivity index (χ3v) is 1.16. The van der Waals surface area contributed by atoms with E-state index in [2.05, 4.69) is 26.5 Å². The zero-order valence-electron chi connectivity index (χ0n) is 7.65. The summed E-state index contributed by atoms with van der Waals surface area (Å²) in [5, 5.41) is 2.75. The Morgan fingerprint density at radius 3 is 2.09 bits per heavy atom. The fourth-order valence-electron chi connectivity index (χ4n) is 0.567. The number of amides is 1. The molecule has 0 saturated carbocycles. The molecule has 0 aliphatic heterocycles. The summed E-state index contributed by atoms with van der Waals surface area (Å²) in [6.45, 7) is 3.27. The van der Waals surface area contributed by atoms with E-state index in [0.29, 0.717) is 0 Å². The fraction of sp³-hybridized carbons (Fsp3) is 0.857. The van der Waals surface area contributed by atoms with Crippen LogP contribution in [0.4, 0.5) is 0 Å². The van der Waals surface area contributed by atoms with Crippen molar-refractivity contribution >= 4 is 5.91 Å². The summed E-state index contributed by atoms with van der Waals surface area (Å²) >= 11 is 0. The zero-order chi connectivity index (χ0) is 8.20. The quantitative estimate of drug-likeness (QED) is 0.504. The van der Waals surface area contributed by atoms with Crippen LogP contribution < -0.4 is 22.3 Å². The van der Waals surface area contributed by atoms with Gasteiger partial charge in [0.1, 0.15) is 0 Å². The molecule has 0 aliphatic carbocycles. The highest BCUT2D eigenvalue weighted by Crippen LogP contribution is 1.85. The lowest BCUT2D eigenvalue weighted by Gasteiger charge is -2.23. The molecule has 0 rings (SSSR count). The molecule has 0 heterocycles. The molecule has 68 valence electrons. The summed E-state index contributed by atoms with van der Waals surface area (Å²) in [5.41, 5.74) is 0. The van der Waals surface area contributed by atoms with Crippen LogP contribution in [0, 0.1) is 0 Å². The SMILES string of the molecule is CC(=O)NCC[N+](C)(C)C.[Br-]. The Morgan fingerprint density at radius 1 is 1.36 bits per heavy atom. The largest absolute Gasteiger partial charge is 1.00 e. The van der Waals surface area contributed by atoms with Crippen molar-refractivity contribution in [2.45, 2.75) is 6.92 Å². The number of hydrogen-bond donors (Lipinski definition) is 1. The van der Waals surface area contributed by atoms with Crippen LogP contribution in [-0.2, 0) is 4.79 Å². The van der Waals surface area contributed by atoms with E-state index in [9.17, 15) is 4.79 Å². The molecule has 0 aliphatic rings. The van der Waals surface area contributed by atoms with Gasteiger partial charge in [-0.2, -0.15) is 0 Å². The van der Waals surface area contributed by atoms with Crippen LogP contribution >= 0.6 is 0 Å². The molecule has 0 aromatic heterocycles. The molecular weight excluding hydrogens is 208 g/mol. The summed E-state index contributed by atoms with van der Waals surface area (Å²) < 4.78 is 0.889. The summed E-state index contributed by atoms with van der Waals surface area (Å²) in [5.74, 6) is 0.0495. The summed E-state index contributed by atoms with van der Waals surface area (Å²) in [7, 11) is 6.30. The van der Waals surface area contributed by atoms with E-state index in [4.69, 9.17) is 0 Å². The predicted molar refractivity (Wildman–Crippen MR) is 41.6 cm³/mol. The van der Waals surface area contributed by atoms with E-state index < -0.39 is 0 Å². The molecule has 0 saturated heterocycles. The number of rotatable bonds is 3. The van der Waals surface area contributed by atoms with Gasteiger partial charge >= 0.3 is 0 Å². The summed E-state index contributed by atoms with van der Waals surface area (Å²) in [4.78, 5) is 10.4. The summed E-state index contributed by atoms with van der Waals surface area (Å²) in [6.07, 6.45) is 0. The van der Waals surface area contributed by atoms with Crippen molar-refractivity contribution in [1.82, 2.24) is 5.32 Å². The molecule has 0 spiro atoms. The minimum atomic E-state index is 0. The van der Waals surface area contributed by atoms with E-state index >= 15 is 0 Å². The van der Waals surface area contributed by atoms with Crippen LogP contribution in [0.25, 0.3) is 0 Å². The van der Waals surface area contributed by atoms with Crippen LogP contribution in [0.1, 0.15) is 6.92 Å². The Kier molecular flexibility index (Phi) is 6.81. The van der Waals surface area contributed by atoms with Gasteiger partial charge in [-0.1, -0.05) is 0 Å². The average Bonchev–Trinajstić information content (AvgIpc) is 1.59. The van der Waals surface area contributed by atoms with Crippen molar-refractivity contribution in [2.24, 2.45) is 0 Å². The molecule has 0 unspecified atom stereocenters. The Bertz CT molecular complexity index is 120. The van der Waals surface area contributed by atoms with Gasteiger partial charge in [0.2, 0.25) is 5.91 Å². The van der Waals surface area contributed by atoms with Crippen molar-refractivity contribution in [2.75, 3.05) is 34.2 Å². The van der Waals surface area contributed by atoms with Gasteiger partial charge in [-0.25, -0.2) is 0 Å². The van der Waals surface area contributed by atoms with Crippen LogP contribution in [0.2, 0.25) is 0 Å². The topological polar surface area (TPSA) is 29.1 Å². The molecular formula is C7H17BrN2O. The monoisotopic (exact) mass is 224 g/mol. The molecule has 4 heteroatoms. The molecule has 0 aromatic carbocycles. The molecule has 0 radical (unpaired) electrons. The molecule has 0 atom stereocenters. The maximum absolute atomic E-state index is 10.4. The van der Waals surface area contributed by atoms with Gasteiger partial charge in [0.15, 0.2) is 0 Å². The van der Waals surface area contributed by atoms with Crippen LogP contribution in [0.15, 0.2) is 0 Å². The Labute approximate surface area is 79.1 Å². The zero-order valence-corrected chi connectivity index (χ0v) is 9.23. The smallest absolute Gasteiger partial charge is 0.217 e. The number of nitrogens with zero attached hydrogens (tertiary/aromatic N) is 1. The second-order valence-corrected chi connectivity index (χ2v) is 3.50. The van der Waals surface area contributed by atoms with Gasteiger partial charge in [0.05, 0.1) is 34.2 Å².